The number of nitrogens with zero attached hydrogens (tertiary/aromatic N) is 3. The topological polar surface area (TPSA) is 68.0 Å². The van der Waals surface area contributed by atoms with Gasteiger partial charge in [-0.15, -0.1) is 5.10 Å². The number of benzene rings is 1. The number of fused-ring (bicyclic) bond motifs is 1. The van der Waals surface area contributed by atoms with Gasteiger partial charge in [-0.2, -0.15) is 26.3 Å². The molecule has 0 atom stereocenters. The van der Waals surface area contributed by atoms with Gasteiger partial charge in [-0.3, -0.25) is 0 Å². The van der Waals surface area contributed by atoms with Gasteiger partial charge in [0.25, 0.3) is 0 Å². The molecule has 1 aromatic carbocycles. The molecule has 0 aliphatic carbocycles. The maximum absolute atomic E-state index is 12.7. The van der Waals surface area contributed by atoms with Crippen molar-refractivity contribution in [2.45, 2.75) is 18.4 Å². The van der Waals surface area contributed by atoms with Crippen LogP contribution in [-0.4, -0.2) is 38.4 Å². The van der Waals surface area contributed by atoms with Crippen molar-refractivity contribution in [2.24, 2.45) is 0 Å². The summed E-state index contributed by atoms with van der Waals surface area (Å²) in [6.45, 7) is 0. The highest BCUT2D eigenvalue weighted by molar-refractivity contribution is 6.34. The van der Waals surface area contributed by atoms with Gasteiger partial charge in [0.15, 0.2) is 0 Å². The first-order valence-electron chi connectivity index (χ1n) is 5.34. The predicted octanol–water partition coefficient (Wildman–Crippen LogP) is 3.45. The molecule has 120 valence electrons. The number of hydrogen-bond donors (Lipinski definition) is 1. The van der Waals surface area contributed by atoms with E-state index in [1.165, 1.54) is 0 Å². The summed E-state index contributed by atoms with van der Waals surface area (Å²) in [6.07, 6.45) is -11.3. The normalized spacial score (nSPS) is 13.1. The van der Waals surface area contributed by atoms with Crippen molar-refractivity contribution in [3.63, 3.8) is 0 Å². The van der Waals surface area contributed by atoms with Crippen molar-refractivity contribution < 1.29 is 36.2 Å². The Morgan fingerprint density at radius 2 is 1.73 bits per heavy atom. The summed E-state index contributed by atoms with van der Waals surface area (Å²) in [4.78, 5) is 10.8. The van der Waals surface area contributed by atoms with Crippen LogP contribution in [0.2, 0.25) is 5.02 Å². The van der Waals surface area contributed by atoms with Gasteiger partial charge in [-0.05, 0) is 12.1 Å². The fourth-order valence-corrected chi connectivity index (χ4v) is 2.02. The fourth-order valence-electron chi connectivity index (χ4n) is 1.78. The van der Waals surface area contributed by atoms with E-state index in [9.17, 15) is 31.1 Å². The molecule has 0 aliphatic rings. The molecule has 1 heterocycles. The second-order valence-corrected chi connectivity index (χ2v) is 4.55. The molecule has 12 heteroatoms. The first-order chi connectivity index (χ1) is 9.93. The van der Waals surface area contributed by atoms with E-state index in [1.54, 1.807) is 0 Å². The lowest BCUT2D eigenvalue weighted by Crippen LogP contribution is -2.39. The van der Waals surface area contributed by atoms with Crippen molar-refractivity contribution in [3.8, 4) is 0 Å². The van der Waals surface area contributed by atoms with Gasteiger partial charge in [0.05, 0.1) is 16.1 Å². The molecule has 2 rings (SSSR count). The summed E-state index contributed by atoms with van der Waals surface area (Å²) in [7, 11) is 0. The fraction of sp³-hybridized carbons (Fsp3) is 0.300. The van der Waals surface area contributed by atoms with Crippen LogP contribution < -0.4 is 0 Å². The Labute approximate surface area is 122 Å². The Morgan fingerprint density at radius 1 is 1.18 bits per heavy atom. The van der Waals surface area contributed by atoms with Gasteiger partial charge < -0.3 is 5.11 Å². The minimum atomic E-state index is -5.67. The minimum Gasteiger partial charge on any atom is -0.478 e. The van der Waals surface area contributed by atoms with Gasteiger partial charge in [-0.1, -0.05) is 16.8 Å². The molecule has 1 aromatic heterocycles. The van der Waals surface area contributed by atoms with E-state index in [1.807, 2.05) is 0 Å². The average Bonchev–Trinajstić information content (AvgIpc) is 2.67. The molecule has 0 bridgehead atoms. The second kappa shape index (κ2) is 5.00. The largest absolute Gasteiger partial charge is 0.478 e. The van der Waals surface area contributed by atoms with Crippen molar-refractivity contribution in [3.05, 3.63) is 22.7 Å². The highest BCUT2D eigenvalue weighted by Crippen LogP contribution is 2.43. The zero-order valence-corrected chi connectivity index (χ0v) is 10.8. The summed E-state index contributed by atoms with van der Waals surface area (Å²) in [6, 6.07) is -2.53. The monoisotopic (exact) mass is 347 g/mol. The van der Waals surface area contributed by atoms with E-state index in [0.717, 1.165) is 6.07 Å². The summed E-state index contributed by atoms with van der Waals surface area (Å²) in [5, 5.41) is 14.3. The molecule has 1 N–H and O–H groups in total. The van der Waals surface area contributed by atoms with Crippen LogP contribution in [0, 0.1) is 0 Å². The molecule has 0 radical (unpaired) electrons. The summed E-state index contributed by atoms with van der Waals surface area (Å²) in [5.74, 6) is -1.51. The quantitative estimate of drug-likeness (QED) is 0.845. The van der Waals surface area contributed by atoms with Crippen LogP contribution >= 0.6 is 11.6 Å². The van der Waals surface area contributed by atoms with Crippen LogP contribution in [0.3, 0.4) is 0 Å². The standard InChI is InChI=1S/C10H4ClF6N3O2/c11-4-2-6-5(1-3(4)7(21)22)18-19-20(6)8(9(12,13)14)10(15,16)17/h1-2,8H,(H,21,22). The lowest BCUT2D eigenvalue weighted by Gasteiger charge is -2.23. The van der Waals surface area contributed by atoms with Crippen molar-refractivity contribution >= 4 is 28.6 Å². The Bertz CT molecular complexity index is 725. The van der Waals surface area contributed by atoms with Crippen molar-refractivity contribution in [1.29, 1.82) is 0 Å². The Morgan fingerprint density at radius 3 is 2.18 bits per heavy atom. The third-order valence-electron chi connectivity index (χ3n) is 2.65. The lowest BCUT2D eigenvalue weighted by molar-refractivity contribution is -0.276. The van der Waals surface area contributed by atoms with Crippen LogP contribution in [0.1, 0.15) is 16.4 Å². The number of aromatic nitrogens is 3. The van der Waals surface area contributed by atoms with E-state index < -0.39 is 46.0 Å². The van der Waals surface area contributed by atoms with Gasteiger partial charge in [0, 0.05) is 0 Å². The third kappa shape index (κ3) is 2.80. The number of alkyl halides is 6. The van der Waals surface area contributed by atoms with Gasteiger partial charge in [-0.25, -0.2) is 9.48 Å². The first-order valence-corrected chi connectivity index (χ1v) is 5.72. The molecule has 2 aromatic rings. The Balaban J connectivity index is 2.71. The number of halogens is 7. The van der Waals surface area contributed by atoms with E-state index in [2.05, 4.69) is 10.3 Å². The number of carbonyl (C=O) groups is 1. The smallest absolute Gasteiger partial charge is 0.419 e. The number of hydrogen-bond acceptors (Lipinski definition) is 3. The number of aromatic carboxylic acids is 1. The number of carboxylic acid groups (broad SMARTS) is 1. The zero-order chi connectivity index (χ0) is 16.9. The molecule has 5 nitrogen and oxygen atoms in total. The van der Waals surface area contributed by atoms with Gasteiger partial charge in [0.2, 0.25) is 6.04 Å². The lowest BCUT2D eigenvalue weighted by atomic mass is 10.2. The SMILES string of the molecule is O=C(O)c1cc2nnn(C(C(F)(F)F)C(F)(F)F)c2cc1Cl. The molecule has 0 saturated heterocycles. The first kappa shape index (κ1) is 16.3. The molecular weight excluding hydrogens is 344 g/mol. The molecule has 0 amide bonds. The van der Waals surface area contributed by atoms with E-state index in [0.29, 0.717) is 6.07 Å². The highest BCUT2D eigenvalue weighted by atomic mass is 35.5. The second-order valence-electron chi connectivity index (χ2n) is 4.15. The van der Waals surface area contributed by atoms with Crippen LogP contribution in [-0.2, 0) is 0 Å². The van der Waals surface area contributed by atoms with Crippen molar-refractivity contribution in [1.82, 2.24) is 15.0 Å². The van der Waals surface area contributed by atoms with Crippen molar-refractivity contribution in [2.75, 3.05) is 0 Å². The molecule has 0 aliphatic heterocycles. The Hall–Kier alpha value is -2.04. The Kier molecular flexibility index (Phi) is 3.71. The summed E-state index contributed by atoms with van der Waals surface area (Å²) >= 11 is 5.55. The number of carboxylic acids is 1. The molecule has 0 spiro atoms. The van der Waals surface area contributed by atoms with E-state index >= 15 is 0 Å². The van der Waals surface area contributed by atoms with E-state index in [4.69, 9.17) is 16.7 Å². The third-order valence-corrected chi connectivity index (χ3v) is 2.97. The van der Waals surface area contributed by atoms with Gasteiger partial charge >= 0.3 is 18.3 Å². The molecule has 0 saturated carbocycles. The maximum Gasteiger partial charge on any atom is 0.419 e. The highest BCUT2D eigenvalue weighted by Gasteiger charge is 2.59. The number of rotatable bonds is 2. The molecule has 0 fully saturated rings. The molecule has 0 unspecified atom stereocenters. The van der Waals surface area contributed by atoms with Crippen LogP contribution in [0.4, 0.5) is 26.3 Å². The van der Waals surface area contributed by atoms with Crippen LogP contribution in [0.5, 0.6) is 0 Å². The van der Waals surface area contributed by atoms with Gasteiger partial charge in [0.1, 0.15) is 5.52 Å². The molecule has 22 heavy (non-hydrogen) atoms. The van der Waals surface area contributed by atoms with Crippen LogP contribution in [0.25, 0.3) is 11.0 Å². The average molecular weight is 348 g/mol. The van der Waals surface area contributed by atoms with E-state index in [-0.39, 0.29) is 4.68 Å². The molecular formula is C10H4ClF6N3O2. The summed E-state index contributed by atoms with van der Waals surface area (Å²) < 4.78 is 75.7. The zero-order valence-electron chi connectivity index (χ0n) is 10.1. The maximum atomic E-state index is 12.7. The predicted molar refractivity (Wildman–Crippen MR) is 60.6 cm³/mol. The summed E-state index contributed by atoms with van der Waals surface area (Å²) in [5.41, 5.74) is -1.66. The minimum absolute atomic E-state index is 0.382. The van der Waals surface area contributed by atoms with Crippen LogP contribution in [0.15, 0.2) is 12.1 Å².